The maximum absolute atomic E-state index is 11.7. The van der Waals surface area contributed by atoms with E-state index in [1.165, 1.54) is 7.11 Å². The first kappa shape index (κ1) is 15.5. The summed E-state index contributed by atoms with van der Waals surface area (Å²) in [5, 5.41) is 8.60. The lowest BCUT2D eigenvalue weighted by Crippen LogP contribution is -2.19. The maximum atomic E-state index is 11.7. The fraction of sp³-hybridized carbons (Fsp3) is 0.417. The van der Waals surface area contributed by atoms with Gasteiger partial charge in [-0.05, 0) is 24.1 Å². The number of aliphatic carboxylic acids is 1. The van der Waals surface area contributed by atoms with Crippen LogP contribution in [0.1, 0.15) is 12.0 Å². The number of hydrogen-bond donors (Lipinski definition) is 2. The summed E-state index contributed by atoms with van der Waals surface area (Å²) < 4.78 is 30.4. The number of aryl methyl sites for hydroxylation is 1. The fourth-order valence-corrected chi connectivity index (χ4v) is 2.44. The van der Waals surface area contributed by atoms with Crippen molar-refractivity contribution >= 4 is 21.7 Å². The highest BCUT2D eigenvalue weighted by Gasteiger charge is 2.10. The van der Waals surface area contributed by atoms with Gasteiger partial charge in [-0.1, -0.05) is 12.1 Å². The van der Waals surface area contributed by atoms with Crippen LogP contribution in [-0.4, -0.2) is 39.0 Å². The molecule has 0 aromatic heterocycles. The Morgan fingerprint density at radius 1 is 1.42 bits per heavy atom. The zero-order valence-corrected chi connectivity index (χ0v) is 11.4. The maximum Gasteiger partial charge on any atom is 0.303 e. The molecular weight excluding hydrogens is 270 g/mol. The largest absolute Gasteiger partial charge is 0.481 e. The van der Waals surface area contributed by atoms with Crippen LogP contribution in [0.5, 0.6) is 0 Å². The van der Waals surface area contributed by atoms with Gasteiger partial charge in [0.1, 0.15) is 0 Å². The van der Waals surface area contributed by atoms with Gasteiger partial charge in [0.15, 0.2) is 0 Å². The highest BCUT2D eigenvalue weighted by Crippen LogP contribution is 2.14. The van der Waals surface area contributed by atoms with Gasteiger partial charge in [-0.15, -0.1) is 0 Å². The number of carboxylic acid groups (broad SMARTS) is 1. The highest BCUT2D eigenvalue weighted by molar-refractivity contribution is 7.92. The molecule has 0 aliphatic carbocycles. The second-order valence-electron chi connectivity index (χ2n) is 4.01. The van der Waals surface area contributed by atoms with Crippen LogP contribution in [-0.2, 0) is 26.0 Å². The normalized spacial score (nSPS) is 11.2. The van der Waals surface area contributed by atoms with E-state index in [1.807, 2.05) is 0 Å². The van der Waals surface area contributed by atoms with Crippen LogP contribution < -0.4 is 4.72 Å². The number of hydrogen-bond acceptors (Lipinski definition) is 4. The van der Waals surface area contributed by atoms with Crippen molar-refractivity contribution in [3.8, 4) is 0 Å². The summed E-state index contributed by atoms with van der Waals surface area (Å²) in [7, 11) is -2.00. The fourth-order valence-electron chi connectivity index (χ4n) is 1.47. The summed E-state index contributed by atoms with van der Waals surface area (Å²) in [5.74, 6) is -1.01. The Morgan fingerprint density at radius 3 is 2.79 bits per heavy atom. The third-order valence-electron chi connectivity index (χ3n) is 2.38. The number of carboxylic acids is 1. The Bertz CT molecular complexity index is 527. The van der Waals surface area contributed by atoms with Crippen molar-refractivity contribution in [1.82, 2.24) is 0 Å². The molecule has 19 heavy (non-hydrogen) atoms. The molecule has 2 N–H and O–H groups in total. The molecule has 0 saturated carbocycles. The van der Waals surface area contributed by atoms with Gasteiger partial charge in [0.2, 0.25) is 10.0 Å². The number of sulfonamides is 1. The van der Waals surface area contributed by atoms with Gasteiger partial charge in [-0.25, -0.2) is 8.42 Å². The van der Waals surface area contributed by atoms with E-state index in [9.17, 15) is 13.2 Å². The topological polar surface area (TPSA) is 92.7 Å². The third-order valence-corrected chi connectivity index (χ3v) is 3.63. The molecule has 6 nitrogen and oxygen atoms in total. The predicted molar refractivity (Wildman–Crippen MR) is 71.7 cm³/mol. The van der Waals surface area contributed by atoms with E-state index in [2.05, 4.69) is 4.72 Å². The molecular formula is C12H17NO5S. The average Bonchev–Trinajstić information content (AvgIpc) is 2.34. The quantitative estimate of drug-likeness (QED) is 0.746. The van der Waals surface area contributed by atoms with Crippen LogP contribution in [0.2, 0.25) is 0 Å². The summed E-state index contributed by atoms with van der Waals surface area (Å²) in [6, 6.07) is 6.70. The number of rotatable bonds is 8. The zero-order chi connectivity index (χ0) is 14.3. The van der Waals surface area contributed by atoms with E-state index in [-0.39, 0.29) is 18.8 Å². The number of anilines is 1. The van der Waals surface area contributed by atoms with Crippen molar-refractivity contribution < 1.29 is 23.1 Å². The molecule has 106 valence electrons. The molecule has 0 fully saturated rings. The predicted octanol–water partition coefficient (Wildman–Crippen LogP) is 1.09. The Labute approximate surface area is 112 Å². The van der Waals surface area contributed by atoms with E-state index < -0.39 is 16.0 Å². The zero-order valence-electron chi connectivity index (χ0n) is 10.6. The third kappa shape index (κ3) is 6.21. The van der Waals surface area contributed by atoms with Crippen molar-refractivity contribution in [1.29, 1.82) is 0 Å². The van der Waals surface area contributed by atoms with Crippen molar-refractivity contribution in [2.75, 3.05) is 24.2 Å². The number of ether oxygens (including phenoxy) is 1. The molecule has 0 radical (unpaired) electrons. The van der Waals surface area contributed by atoms with Gasteiger partial charge in [0.05, 0.1) is 12.4 Å². The van der Waals surface area contributed by atoms with E-state index in [4.69, 9.17) is 9.84 Å². The minimum Gasteiger partial charge on any atom is -0.481 e. The van der Waals surface area contributed by atoms with Gasteiger partial charge in [-0.2, -0.15) is 0 Å². The molecule has 1 aromatic rings. The molecule has 0 bridgehead atoms. The van der Waals surface area contributed by atoms with Crippen molar-refractivity contribution in [2.45, 2.75) is 12.8 Å². The summed E-state index contributed by atoms with van der Waals surface area (Å²) in [5.41, 5.74) is 1.20. The van der Waals surface area contributed by atoms with E-state index in [1.54, 1.807) is 24.3 Å². The van der Waals surface area contributed by atoms with Gasteiger partial charge >= 0.3 is 5.97 Å². The second kappa shape index (κ2) is 7.10. The first-order valence-corrected chi connectivity index (χ1v) is 7.38. The molecule has 7 heteroatoms. The smallest absolute Gasteiger partial charge is 0.303 e. The van der Waals surface area contributed by atoms with Crippen LogP contribution in [0.15, 0.2) is 24.3 Å². The van der Waals surface area contributed by atoms with Gasteiger partial charge in [-0.3, -0.25) is 9.52 Å². The minimum absolute atomic E-state index is 0.0138. The highest BCUT2D eigenvalue weighted by atomic mass is 32.2. The number of methoxy groups -OCH3 is 1. The summed E-state index contributed by atoms with van der Waals surface area (Å²) in [6.45, 7) is 0.119. The Morgan fingerprint density at radius 2 is 2.16 bits per heavy atom. The molecule has 0 heterocycles. The number of nitrogens with one attached hydrogen (secondary N) is 1. The first-order valence-electron chi connectivity index (χ1n) is 5.73. The molecule has 0 aliphatic heterocycles. The van der Waals surface area contributed by atoms with Crippen LogP contribution in [0.25, 0.3) is 0 Å². The van der Waals surface area contributed by atoms with E-state index in [0.29, 0.717) is 12.1 Å². The molecule has 0 amide bonds. The van der Waals surface area contributed by atoms with Crippen molar-refractivity contribution in [3.05, 3.63) is 29.8 Å². The van der Waals surface area contributed by atoms with Gasteiger partial charge < -0.3 is 9.84 Å². The van der Waals surface area contributed by atoms with Crippen LogP contribution in [0.3, 0.4) is 0 Å². The molecule has 0 aliphatic rings. The van der Waals surface area contributed by atoms with Crippen molar-refractivity contribution in [2.24, 2.45) is 0 Å². The van der Waals surface area contributed by atoms with Crippen molar-refractivity contribution in [3.63, 3.8) is 0 Å². The van der Waals surface area contributed by atoms with Crippen LogP contribution in [0, 0.1) is 0 Å². The molecule has 0 atom stereocenters. The van der Waals surface area contributed by atoms with E-state index >= 15 is 0 Å². The Kier molecular flexibility index (Phi) is 5.78. The minimum atomic E-state index is -3.44. The standard InChI is InChI=1S/C12H17NO5S/c1-18-7-8-19(16,17)13-11-4-2-3-10(9-11)5-6-12(14)15/h2-4,9,13H,5-8H2,1H3,(H,14,15). The lowest BCUT2D eigenvalue weighted by atomic mass is 10.1. The lowest BCUT2D eigenvalue weighted by molar-refractivity contribution is -0.136. The SMILES string of the molecule is COCCS(=O)(=O)Nc1cccc(CCC(=O)O)c1. The molecule has 1 aromatic carbocycles. The van der Waals surface area contributed by atoms with Gasteiger partial charge in [0, 0.05) is 19.2 Å². The summed E-state index contributed by atoms with van der Waals surface area (Å²) in [4.78, 5) is 10.5. The molecule has 0 spiro atoms. The second-order valence-corrected chi connectivity index (χ2v) is 5.85. The molecule has 0 unspecified atom stereocenters. The van der Waals surface area contributed by atoms with Crippen LogP contribution in [0.4, 0.5) is 5.69 Å². The molecule has 0 saturated heterocycles. The Hall–Kier alpha value is -1.60. The van der Waals surface area contributed by atoms with E-state index in [0.717, 1.165) is 5.56 Å². The Balaban J connectivity index is 2.68. The molecule has 1 rings (SSSR count). The number of carbonyl (C=O) groups is 1. The monoisotopic (exact) mass is 287 g/mol. The summed E-state index contributed by atoms with van der Waals surface area (Å²) >= 11 is 0. The first-order chi connectivity index (χ1) is 8.93. The lowest BCUT2D eigenvalue weighted by Gasteiger charge is -2.08. The van der Waals surface area contributed by atoms with Gasteiger partial charge in [0.25, 0.3) is 0 Å². The summed E-state index contributed by atoms with van der Waals surface area (Å²) in [6.07, 6.45) is 0.378. The average molecular weight is 287 g/mol. The number of benzene rings is 1. The van der Waals surface area contributed by atoms with Crippen LogP contribution >= 0.6 is 0 Å².